The van der Waals surface area contributed by atoms with Crippen molar-refractivity contribution in [2.24, 2.45) is 0 Å². The third-order valence-electron chi connectivity index (χ3n) is 4.33. The molecular weight excluding hydrogens is 407 g/mol. The first-order valence-corrected chi connectivity index (χ1v) is 9.90. The van der Waals surface area contributed by atoms with E-state index in [4.69, 9.17) is 23.2 Å². The monoisotopic (exact) mass is 426 g/mol. The highest BCUT2D eigenvalue weighted by atomic mass is 35.5. The predicted octanol–water partition coefficient (Wildman–Crippen LogP) is 4.90. The number of amides is 2. The summed E-state index contributed by atoms with van der Waals surface area (Å²) in [5.74, 6) is -0.575. The number of nitrogens with one attached hydrogen (secondary N) is 2. The highest BCUT2D eigenvalue weighted by Gasteiger charge is 2.22. The summed E-state index contributed by atoms with van der Waals surface area (Å²) in [6.45, 7) is 0. The third-order valence-corrected chi connectivity index (χ3v) is 4.88. The Bertz CT molecular complexity index is 979. The molecule has 3 aromatic carbocycles. The molecule has 0 radical (unpaired) electrons. The van der Waals surface area contributed by atoms with Crippen LogP contribution in [0, 0.1) is 0 Å². The van der Waals surface area contributed by atoms with Gasteiger partial charge in [-0.15, -0.1) is 0 Å². The van der Waals surface area contributed by atoms with Gasteiger partial charge in [0.15, 0.2) is 0 Å². The summed E-state index contributed by atoms with van der Waals surface area (Å²) in [6.07, 6.45) is 0.555. The Morgan fingerprint density at radius 1 is 0.828 bits per heavy atom. The molecule has 0 aliphatic rings. The number of anilines is 1. The maximum absolute atomic E-state index is 12.9. The van der Waals surface area contributed by atoms with Gasteiger partial charge in [-0.25, -0.2) is 0 Å². The fourth-order valence-corrected chi connectivity index (χ4v) is 3.35. The lowest BCUT2D eigenvalue weighted by Crippen LogP contribution is -2.45. The molecule has 0 spiro atoms. The Kier molecular flexibility index (Phi) is 7.28. The molecule has 0 bridgehead atoms. The van der Waals surface area contributed by atoms with Crippen molar-refractivity contribution in [2.75, 3.05) is 5.32 Å². The number of halogens is 2. The SMILES string of the molecule is O=C(Cc1ccccc1)NC(Cc1ccccc1)C(=O)Nc1ccc(Cl)cc1Cl. The Morgan fingerprint density at radius 3 is 2.07 bits per heavy atom. The van der Waals surface area contributed by atoms with E-state index in [2.05, 4.69) is 10.6 Å². The average molecular weight is 427 g/mol. The lowest BCUT2D eigenvalue weighted by molar-refractivity contribution is -0.126. The van der Waals surface area contributed by atoms with Crippen LogP contribution in [0.1, 0.15) is 11.1 Å². The molecule has 0 fully saturated rings. The minimum atomic E-state index is -0.750. The first-order chi connectivity index (χ1) is 14.0. The van der Waals surface area contributed by atoms with E-state index >= 15 is 0 Å². The summed E-state index contributed by atoms with van der Waals surface area (Å²) in [5, 5.41) is 6.44. The minimum Gasteiger partial charge on any atom is -0.344 e. The van der Waals surface area contributed by atoms with E-state index < -0.39 is 6.04 Å². The first kappa shape index (κ1) is 20.9. The zero-order valence-electron chi connectivity index (χ0n) is 15.6. The Hall–Kier alpha value is -2.82. The molecule has 1 atom stereocenters. The van der Waals surface area contributed by atoms with Gasteiger partial charge in [0, 0.05) is 11.4 Å². The maximum atomic E-state index is 12.9. The molecule has 29 heavy (non-hydrogen) atoms. The van der Waals surface area contributed by atoms with Gasteiger partial charge in [0.2, 0.25) is 11.8 Å². The topological polar surface area (TPSA) is 58.2 Å². The van der Waals surface area contributed by atoms with Gasteiger partial charge in [-0.1, -0.05) is 83.9 Å². The van der Waals surface area contributed by atoms with Crippen LogP contribution < -0.4 is 10.6 Å². The standard InChI is InChI=1S/C23H20Cl2N2O2/c24-18-11-12-20(19(25)15-18)27-23(29)21(13-16-7-3-1-4-8-16)26-22(28)14-17-9-5-2-6-10-17/h1-12,15,21H,13-14H2,(H,26,28)(H,27,29). The normalized spacial score (nSPS) is 11.5. The van der Waals surface area contributed by atoms with Gasteiger partial charge in [-0.3, -0.25) is 9.59 Å². The van der Waals surface area contributed by atoms with Gasteiger partial charge in [-0.05, 0) is 29.3 Å². The van der Waals surface area contributed by atoms with Gasteiger partial charge >= 0.3 is 0 Å². The third kappa shape index (κ3) is 6.34. The van der Waals surface area contributed by atoms with Crippen molar-refractivity contribution in [1.82, 2.24) is 5.32 Å². The molecule has 0 saturated carbocycles. The quantitative estimate of drug-likeness (QED) is 0.564. The van der Waals surface area contributed by atoms with Crippen LogP contribution in [-0.2, 0) is 22.4 Å². The second-order valence-corrected chi connectivity index (χ2v) is 7.43. The Morgan fingerprint density at radius 2 is 1.45 bits per heavy atom. The summed E-state index contributed by atoms with van der Waals surface area (Å²) < 4.78 is 0. The van der Waals surface area contributed by atoms with E-state index in [0.29, 0.717) is 22.2 Å². The smallest absolute Gasteiger partial charge is 0.247 e. The van der Waals surface area contributed by atoms with Gasteiger partial charge in [-0.2, -0.15) is 0 Å². The van der Waals surface area contributed by atoms with Crippen LogP contribution >= 0.6 is 23.2 Å². The summed E-state index contributed by atoms with van der Waals surface area (Å²) in [4.78, 5) is 25.5. The molecule has 0 saturated heterocycles. The highest BCUT2D eigenvalue weighted by Crippen LogP contribution is 2.25. The molecule has 2 amide bonds. The predicted molar refractivity (Wildman–Crippen MR) is 117 cm³/mol. The summed E-state index contributed by atoms with van der Waals surface area (Å²) in [5.41, 5.74) is 2.26. The molecule has 3 rings (SSSR count). The molecular formula is C23H20Cl2N2O2. The molecule has 0 aliphatic heterocycles. The number of carbonyl (C=O) groups excluding carboxylic acids is 2. The van der Waals surface area contributed by atoms with Gasteiger partial charge < -0.3 is 10.6 Å². The first-order valence-electron chi connectivity index (χ1n) is 9.14. The number of hydrogen-bond donors (Lipinski definition) is 2. The van der Waals surface area contributed by atoms with Crippen molar-refractivity contribution in [3.05, 3.63) is 100 Å². The summed E-state index contributed by atoms with van der Waals surface area (Å²) in [6, 6.07) is 23.0. The van der Waals surface area contributed by atoms with Gasteiger partial charge in [0.1, 0.15) is 6.04 Å². The van der Waals surface area contributed by atoms with Crippen LogP contribution in [0.4, 0.5) is 5.69 Å². The van der Waals surface area contributed by atoms with E-state index in [0.717, 1.165) is 11.1 Å². The largest absolute Gasteiger partial charge is 0.344 e. The van der Waals surface area contributed by atoms with Crippen molar-refractivity contribution in [3.8, 4) is 0 Å². The molecule has 148 valence electrons. The van der Waals surface area contributed by atoms with E-state index in [1.165, 1.54) is 0 Å². The van der Waals surface area contributed by atoms with Crippen LogP contribution in [0.5, 0.6) is 0 Å². The van der Waals surface area contributed by atoms with Crippen molar-refractivity contribution >= 4 is 40.7 Å². The molecule has 4 nitrogen and oxygen atoms in total. The van der Waals surface area contributed by atoms with Crippen molar-refractivity contribution < 1.29 is 9.59 Å². The fourth-order valence-electron chi connectivity index (χ4n) is 2.90. The zero-order chi connectivity index (χ0) is 20.6. The highest BCUT2D eigenvalue weighted by molar-refractivity contribution is 6.36. The lowest BCUT2D eigenvalue weighted by Gasteiger charge is -2.19. The molecule has 0 aromatic heterocycles. The Balaban J connectivity index is 1.74. The zero-order valence-corrected chi connectivity index (χ0v) is 17.1. The number of carbonyl (C=O) groups is 2. The molecule has 0 aliphatic carbocycles. The van der Waals surface area contributed by atoms with E-state index in [9.17, 15) is 9.59 Å². The van der Waals surface area contributed by atoms with Gasteiger partial charge in [0.05, 0.1) is 17.1 Å². The molecule has 6 heteroatoms. The molecule has 2 N–H and O–H groups in total. The summed E-state index contributed by atoms with van der Waals surface area (Å²) >= 11 is 12.1. The minimum absolute atomic E-state index is 0.196. The van der Waals surface area contributed by atoms with E-state index in [-0.39, 0.29) is 18.2 Å². The maximum Gasteiger partial charge on any atom is 0.247 e. The second-order valence-electron chi connectivity index (χ2n) is 6.59. The average Bonchev–Trinajstić information content (AvgIpc) is 2.71. The summed E-state index contributed by atoms with van der Waals surface area (Å²) in [7, 11) is 0. The van der Waals surface area contributed by atoms with Crippen LogP contribution in [0.3, 0.4) is 0 Å². The Labute approximate surface area is 179 Å². The van der Waals surface area contributed by atoms with Crippen LogP contribution in [-0.4, -0.2) is 17.9 Å². The van der Waals surface area contributed by atoms with Crippen LogP contribution in [0.25, 0.3) is 0 Å². The van der Waals surface area contributed by atoms with E-state index in [1.54, 1.807) is 18.2 Å². The van der Waals surface area contributed by atoms with Gasteiger partial charge in [0.25, 0.3) is 0 Å². The second kappa shape index (κ2) is 10.1. The fraction of sp³-hybridized carbons (Fsp3) is 0.130. The van der Waals surface area contributed by atoms with Crippen LogP contribution in [0.15, 0.2) is 78.9 Å². The van der Waals surface area contributed by atoms with E-state index in [1.807, 2.05) is 60.7 Å². The lowest BCUT2D eigenvalue weighted by atomic mass is 10.0. The van der Waals surface area contributed by atoms with Crippen molar-refractivity contribution in [1.29, 1.82) is 0 Å². The molecule has 1 unspecified atom stereocenters. The molecule has 0 heterocycles. The number of hydrogen-bond acceptors (Lipinski definition) is 2. The number of benzene rings is 3. The van der Waals surface area contributed by atoms with Crippen molar-refractivity contribution in [3.63, 3.8) is 0 Å². The van der Waals surface area contributed by atoms with Crippen LogP contribution in [0.2, 0.25) is 10.0 Å². The number of rotatable bonds is 7. The van der Waals surface area contributed by atoms with Crippen molar-refractivity contribution in [2.45, 2.75) is 18.9 Å². The molecule has 3 aromatic rings.